The second kappa shape index (κ2) is 6.93. The van der Waals surface area contributed by atoms with Crippen molar-refractivity contribution >= 4 is 27.9 Å². The maximum Gasteiger partial charge on any atom is 0.317 e. The zero-order valence-electron chi connectivity index (χ0n) is 11.9. The van der Waals surface area contributed by atoms with Crippen molar-refractivity contribution in [3.05, 3.63) is 33.8 Å². The maximum atomic E-state index is 12.1. The molecule has 1 aliphatic heterocycles. The molecule has 0 saturated carbocycles. The van der Waals surface area contributed by atoms with Crippen molar-refractivity contribution in [3.8, 4) is 0 Å². The molecule has 0 radical (unpaired) electrons. The molecule has 1 aromatic carbocycles. The number of carbonyl (C=O) groups excluding carboxylic acids is 1. The number of hydrogen-bond donors (Lipinski definition) is 2. The van der Waals surface area contributed by atoms with Crippen LogP contribution in [0.25, 0.3) is 0 Å². The summed E-state index contributed by atoms with van der Waals surface area (Å²) in [5.74, 6) is -1.27. The van der Waals surface area contributed by atoms with Crippen LogP contribution in [-0.4, -0.2) is 35.1 Å². The summed E-state index contributed by atoms with van der Waals surface area (Å²) in [6.07, 6.45) is 1.38. The predicted octanol–water partition coefficient (Wildman–Crippen LogP) is 2.76. The quantitative estimate of drug-likeness (QED) is 0.876. The van der Waals surface area contributed by atoms with Crippen molar-refractivity contribution < 1.29 is 14.7 Å². The van der Waals surface area contributed by atoms with Gasteiger partial charge in [0, 0.05) is 24.1 Å². The molecular weight excluding hydrogens is 336 g/mol. The van der Waals surface area contributed by atoms with Gasteiger partial charge in [0.1, 0.15) is 0 Å². The van der Waals surface area contributed by atoms with Crippen LogP contribution in [0.3, 0.4) is 0 Å². The molecule has 0 bridgehead atoms. The fourth-order valence-corrected chi connectivity index (χ4v) is 2.90. The number of carboxylic acid groups (broad SMARTS) is 1. The van der Waals surface area contributed by atoms with E-state index in [0.717, 1.165) is 22.0 Å². The third-order valence-electron chi connectivity index (χ3n) is 3.76. The third kappa shape index (κ3) is 3.97. The molecule has 1 unspecified atom stereocenters. The first-order valence-electron chi connectivity index (χ1n) is 6.98. The van der Waals surface area contributed by atoms with Gasteiger partial charge in [-0.2, -0.15) is 0 Å². The highest BCUT2D eigenvalue weighted by Gasteiger charge is 2.27. The number of amides is 2. The zero-order chi connectivity index (χ0) is 15.4. The van der Waals surface area contributed by atoms with Crippen molar-refractivity contribution in [2.75, 3.05) is 13.1 Å². The van der Waals surface area contributed by atoms with E-state index in [0.29, 0.717) is 19.5 Å². The van der Waals surface area contributed by atoms with E-state index in [1.54, 1.807) is 4.90 Å². The number of urea groups is 1. The monoisotopic (exact) mass is 354 g/mol. The van der Waals surface area contributed by atoms with Crippen molar-refractivity contribution in [1.29, 1.82) is 0 Å². The van der Waals surface area contributed by atoms with Gasteiger partial charge < -0.3 is 15.3 Å². The zero-order valence-corrected chi connectivity index (χ0v) is 13.5. The molecule has 2 rings (SSSR count). The standard InChI is InChI=1S/C15H19BrN2O3/c1-10-4-2-5-11(13(10)16)8-17-15(21)18-7-3-6-12(9-18)14(19)20/h2,4-5,12H,3,6-9H2,1H3,(H,17,21)(H,19,20). The Morgan fingerprint density at radius 2 is 2.24 bits per heavy atom. The number of benzene rings is 1. The summed E-state index contributed by atoms with van der Waals surface area (Å²) >= 11 is 3.51. The molecule has 2 N–H and O–H groups in total. The Hall–Kier alpha value is -1.56. The van der Waals surface area contributed by atoms with Crippen LogP contribution in [0.5, 0.6) is 0 Å². The minimum absolute atomic E-state index is 0.200. The Morgan fingerprint density at radius 3 is 2.95 bits per heavy atom. The smallest absolute Gasteiger partial charge is 0.317 e. The second-order valence-electron chi connectivity index (χ2n) is 5.33. The summed E-state index contributed by atoms with van der Waals surface area (Å²) in [4.78, 5) is 24.8. The van der Waals surface area contributed by atoms with E-state index in [1.807, 2.05) is 25.1 Å². The Bertz CT molecular complexity index is 548. The second-order valence-corrected chi connectivity index (χ2v) is 6.12. The molecule has 0 aliphatic carbocycles. The van der Waals surface area contributed by atoms with Crippen LogP contribution >= 0.6 is 15.9 Å². The number of hydrogen-bond acceptors (Lipinski definition) is 2. The lowest BCUT2D eigenvalue weighted by Gasteiger charge is -2.30. The Kier molecular flexibility index (Phi) is 5.22. The van der Waals surface area contributed by atoms with Crippen molar-refractivity contribution in [1.82, 2.24) is 10.2 Å². The number of aryl methyl sites for hydroxylation is 1. The topological polar surface area (TPSA) is 69.6 Å². The Balaban J connectivity index is 1.92. The van der Waals surface area contributed by atoms with Crippen LogP contribution in [0.2, 0.25) is 0 Å². The van der Waals surface area contributed by atoms with Crippen LogP contribution in [0.15, 0.2) is 22.7 Å². The van der Waals surface area contributed by atoms with E-state index >= 15 is 0 Å². The maximum absolute atomic E-state index is 12.1. The first-order chi connectivity index (χ1) is 9.99. The first kappa shape index (κ1) is 15.8. The summed E-state index contributed by atoms with van der Waals surface area (Å²) in [6.45, 7) is 3.33. The minimum Gasteiger partial charge on any atom is -0.481 e. The lowest BCUT2D eigenvalue weighted by atomic mass is 9.99. The van der Waals surface area contributed by atoms with Gasteiger partial charge in [-0.05, 0) is 30.9 Å². The van der Waals surface area contributed by atoms with E-state index in [2.05, 4.69) is 21.2 Å². The van der Waals surface area contributed by atoms with Gasteiger partial charge >= 0.3 is 12.0 Å². The summed E-state index contributed by atoms with van der Waals surface area (Å²) < 4.78 is 0.993. The average Bonchev–Trinajstić information content (AvgIpc) is 2.48. The fourth-order valence-electron chi connectivity index (χ4n) is 2.49. The van der Waals surface area contributed by atoms with Gasteiger partial charge in [-0.25, -0.2) is 4.79 Å². The SMILES string of the molecule is Cc1cccc(CNC(=O)N2CCCC(C(=O)O)C2)c1Br. The number of aliphatic carboxylic acids is 1. The number of nitrogens with zero attached hydrogens (tertiary/aromatic N) is 1. The molecule has 1 fully saturated rings. The molecule has 0 aromatic heterocycles. The summed E-state index contributed by atoms with van der Waals surface area (Å²) in [7, 11) is 0. The molecule has 1 aliphatic rings. The highest BCUT2D eigenvalue weighted by molar-refractivity contribution is 9.10. The first-order valence-corrected chi connectivity index (χ1v) is 7.78. The molecule has 5 nitrogen and oxygen atoms in total. The van der Waals surface area contributed by atoms with Crippen LogP contribution in [0.4, 0.5) is 4.79 Å². The highest BCUT2D eigenvalue weighted by atomic mass is 79.9. The molecule has 2 amide bonds. The van der Waals surface area contributed by atoms with Crippen molar-refractivity contribution in [3.63, 3.8) is 0 Å². The molecule has 6 heteroatoms. The molecular formula is C15H19BrN2O3. The molecule has 1 heterocycles. The largest absolute Gasteiger partial charge is 0.481 e. The van der Waals surface area contributed by atoms with E-state index < -0.39 is 11.9 Å². The molecule has 1 saturated heterocycles. The number of piperidine rings is 1. The Labute approximate surface area is 132 Å². The number of halogens is 1. The molecule has 0 spiro atoms. The van der Waals surface area contributed by atoms with Gasteiger partial charge in [0.15, 0.2) is 0 Å². The lowest BCUT2D eigenvalue weighted by Crippen LogP contribution is -2.46. The minimum atomic E-state index is -0.825. The van der Waals surface area contributed by atoms with E-state index in [1.165, 1.54) is 0 Å². The molecule has 1 aromatic rings. The number of rotatable bonds is 3. The number of carboxylic acids is 1. The molecule has 21 heavy (non-hydrogen) atoms. The average molecular weight is 355 g/mol. The summed E-state index contributed by atoms with van der Waals surface area (Å²) in [6, 6.07) is 5.70. The van der Waals surface area contributed by atoms with E-state index in [4.69, 9.17) is 5.11 Å². The van der Waals surface area contributed by atoms with Gasteiger partial charge in [-0.1, -0.05) is 34.1 Å². The van der Waals surface area contributed by atoms with Gasteiger partial charge in [0.2, 0.25) is 0 Å². The van der Waals surface area contributed by atoms with Crippen LogP contribution in [0, 0.1) is 12.8 Å². The lowest BCUT2D eigenvalue weighted by molar-refractivity contribution is -0.143. The summed E-state index contributed by atoms with van der Waals surface area (Å²) in [5.41, 5.74) is 2.13. The van der Waals surface area contributed by atoms with Gasteiger partial charge in [-0.15, -0.1) is 0 Å². The van der Waals surface area contributed by atoms with Crippen LogP contribution < -0.4 is 5.32 Å². The van der Waals surface area contributed by atoms with Gasteiger partial charge in [0.05, 0.1) is 5.92 Å². The molecule has 1 atom stereocenters. The van der Waals surface area contributed by atoms with E-state index in [-0.39, 0.29) is 12.6 Å². The van der Waals surface area contributed by atoms with Crippen LogP contribution in [0.1, 0.15) is 24.0 Å². The van der Waals surface area contributed by atoms with Gasteiger partial charge in [0.25, 0.3) is 0 Å². The van der Waals surface area contributed by atoms with Crippen LogP contribution in [-0.2, 0) is 11.3 Å². The highest BCUT2D eigenvalue weighted by Crippen LogP contribution is 2.21. The normalized spacial score (nSPS) is 18.4. The van der Waals surface area contributed by atoms with Crippen molar-refractivity contribution in [2.45, 2.75) is 26.3 Å². The summed E-state index contributed by atoms with van der Waals surface area (Å²) in [5, 5.41) is 11.9. The van der Waals surface area contributed by atoms with Crippen molar-refractivity contribution in [2.24, 2.45) is 5.92 Å². The number of likely N-dealkylation sites (tertiary alicyclic amines) is 1. The predicted molar refractivity (Wildman–Crippen MR) is 83.0 cm³/mol. The van der Waals surface area contributed by atoms with E-state index in [9.17, 15) is 9.59 Å². The third-order valence-corrected chi connectivity index (χ3v) is 4.89. The Morgan fingerprint density at radius 1 is 1.48 bits per heavy atom. The molecule has 114 valence electrons. The number of carbonyl (C=O) groups is 2. The fraction of sp³-hybridized carbons (Fsp3) is 0.467. The van der Waals surface area contributed by atoms with Gasteiger partial charge in [-0.3, -0.25) is 4.79 Å². The number of nitrogens with one attached hydrogen (secondary N) is 1.